The van der Waals surface area contributed by atoms with Gasteiger partial charge in [-0.05, 0) is 13.8 Å². The van der Waals surface area contributed by atoms with Crippen molar-refractivity contribution in [3.05, 3.63) is 0 Å². The maximum absolute atomic E-state index is 12.3. The van der Waals surface area contributed by atoms with Gasteiger partial charge in [0.2, 0.25) is 0 Å². The van der Waals surface area contributed by atoms with Crippen LogP contribution in [0.15, 0.2) is 4.99 Å². The molecule has 3 amide bonds. The van der Waals surface area contributed by atoms with Gasteiger partial charge in [-0.15, -0.1) is 0 Å². The molecule has 3 aliphatic rings. The third kappa shape index (κ3) is 2.23. The first-order valence-corrected chi connectivity index (χ1v) is 7.40. The highest BCUT2D eigenvalue weighted by atomic mass is 16.2. The third-order valence-electron chi connectivity index (χ3n) is 4.23. The number of imide groups is 1. The van der Waals surface area contributed by atoms with Gasteiger partial charge in [0.15, 0.2) is 18.2 Å². The predicted octanol–water partition coefficient (Wildman–Crippen LogP) is -1.15. The number of piperazine rings is 1. The molecule has 2 fully saturated rings. The maximum atomic E-state index is 12.3. The van der Waals surface area contributed by atoms with Crippen molar-refractivity contribution in [2.75, 3.05) is 33.2 Å². The molecule has 0 aromatic carbocycles. The fourth-order valence-electron chi connectivity index (χ4n) is 3.13. The predicted molar refractivity (Wildman–Crippen MR) is 77.7 cm³/mol. The highest BCUT2D eigenvalue weighted by Gasteiger charge is 2.50. The van der Waals surface area contributed by atoms with Gasteiger partial charge < -0.3 is 20.0 Å². The zero-order valence-corrected chi connectivity index (χ0v) is 12.7. The third-order valence-corrected chi connectivity index (χ3v) is 4.23. The number of nitrogens with zero attached hydrogens (tertiary/aromatic N) is 4. The smallest absolute Gasteiger partial charge is 0.325 e. The van der Waals surface area contributed by atoms with E-state index in [-0.39, 0.29) is 18.0 Å². The standard InChI is InChI=1S/C13H22N6O2/c1-8(2)19-9-10(17(3)13(21)16-11(9)20)15-12(19)18-6-4-14-5-7-18/h8-10,14H,4-7H2,1-3H3,(H,16,20,21). The molecule has 2 unspecified atom stereocenters. The molecule has 3 rings (SSSR count). The number of aliphatic imine (C=N–C) groups is 1. The summed E-state index contributed by atoms with van der Waals surface area (Å²) in [5, 5.41) is 5.72. The SMILES string of the molecule is CC(C)N1C(N2CCNCC2)=NC2C1C(=O)NC(=O)N2C. The Bertz CT molecular complexity index is 485. The number of nitrogens with one attached hydrogen (secondary N) is 2. The van der Waals surface area contributed by atoms with Gasteiger partial charge in [0.05, 0.1) is 0 Å². The summed E-state index contributed by atoms with van der Waals surface area (Å²) in [6, 6.07) is -0.672. The van der Waals surface area contributed by atoms with E-state index in [1.165, 1.54) is 4.90 Å². The van der Waals surface area contributed by atoms with Gasteiger partial charge in [-0.3, -0.25) is 10.1 Å². The van der Waals surface area contributed by atoms with Gasteiger partial charge in [-0.2, -0.15) is 0 Å². The van der Waals surface area contributed by atoms with Crippen LogP contribution in [0.2, 0.25) is 0 Å². The molecule has 0 spiro atoms. The van der Waals surface area contributed by atoms with Gasteiger partial charge in [-0.1, -0.05) is 0 Å². The Morgan fingerprint density at radius 1 is 1.24 bits per heavy atom. The molecule has 0 bridgehead atoms. The van der Waals surface area contributed by atoms with E-state index in [4.69, 9.17) is 4.99 Å². The number of amides is 3. The first-order valence-electron chi connectivity index (χ1n) is 7.40. The molecule has 2 N–H and O–H groups in total. The van der Waals surface area contributed by atoms with Crippen LogP contribution in [0.3, 0.4) is 0 Å². The zero-order chi connectivity index (χ0) is 15.1. The van der Waals surface area contributed by atoms with Crippen molar-refractivity contribution < 1.29 is 9.59 Å². The second-order valence-corrected chi connectivity index (χ2v) is 5.93. The van der Waals surface area contributed by atoms with Gasteiger partial charge >= 0.3 is 6.03 Å². The normalized spacial score (nSPS) is 29.7. The van der Waals surface area contributed by atoms with Crippen molar-refractivity contribution >= 4 is 17.9 Å². The molecule has 0 saturated carbocycles. The highest BCUT2D eigenvalue weighted by Crippen LogP contribution is 2.27. The first kappa shape index (κ1) is 14.1. The molecular formula is C13H22N6O2. The molecule has 3 heterocycles. The summed E-state index contributed by atoms with van der Waals surface area (Å²) in [5.41, 5.74) is 0. The summed E-state index contributed by atoms with van der Waals surface area (Å²) in [5.74, 6) is 0.573. The van der Waals surface area contributed by atoms with Crippen LogP contribution in [0.1, 0.15) is 13.8 Å². The average Bonchev–Trinajstić information content (AvgIpc) is 2.87. The Morgan fingerprint density at radius 2 is 1.90 bits per heavy atom. The van der Waals surface area contributed by atoms with E-state index < -0.39 is 12.2 Å². The summed E-state index contributed by atoms with van der Waals surface area (Å²) >= 11 is 0. The van der Waals surface area contributed by atoms with E-state index in [1.807, 2.05) is 18.7 Å². The van der Waals surface area contributed by atoms with Crippen LogP contribution in [0.5, 0.6) is 0 Å². The van der Waals surface area contributed by atoms with E-state index in [2.05, 4.69) is 15.5 Å². The number of likely N-dealkylation sites (N-methyl/N-ethyl adjacent to an activating group) is 1. The number of urea groups is 1. The molecular weight excluding hydrogens is 272 g/mol. The minimum absolute atomic E-state index is 0.140. The lowest BCUT2D eigenvalue weighted by atomic mass is 10.1. The van der Waals surface area contributed by atoms with Crippen molar-refractivity contribution in [3.63, 3.8) is 0 Å². The van der Waals surface area contributed by atoms with E-state index in [1.54, 1.807) is 7.05 Å². The van der Waals surface area contributed by atoms with Gasteiger partial charge in [-0.25, -0.2) is 9.79 Å². The molecule has 8 nitrogen and oxygen atoms in total. The van der Waals surface area contributed by atoms with Crippen LogP contribution in [-0.2, 0) is 4.79 Å². The maximum Gasteiger partial charge on any atom is 0.325 e. The minimum Gasteiger partial charge on any atom is -0.340 e. The fourth-order valence-corrected chi connectivity index (χ4v) is 3.13. The Kier molecular flexibility index (Phi) is 3.48. The molecule has 8 heteroatoms. The van der Waals surface area contributed by atoms with Gasteiger partial charge in [0.25, 0.3) is 5.91 Å². The van der Waals surface area contributed by atoms with Crippen LogP contribution >= 0.6 is 0 Å². The second-order valence-electron chi connectivity index (χ2n) is 5.93. The number of fused-ring (bicyclic) bond motifs is 1. The topological polar surface area (TPSA) is 80.3 Å². The number of carbonyl (C=O) groups is 2. The van der Waals surface area contributed by atoms with Crippen molar-refractivity contribution in [3.8, 4) is 0 Å². The van der Waals surface area contributed by atoms with Crippen LogP contribution in [-0.4, -0.2) is 84.1 Å². The van der Waals surface area contributed by atoms with Crippen molar-refractivity contribution in [1.82, 2.24) is 25.3 Å². The summed E-state index contributed by atoms with van der Waals surface area (Å²) in [6.45, 7) is 7.62. The monoisotopic (exact) mass is 294 g/mol. The van der Waals surface area contributed by atoms with Crippen LogP contribution in [0.4, 0.5) is 4.79 Å². The molecule has 2 saturated heterocycles. The summed E-state index contributed by atoms with van der Waals surface area (Å²) in [7, 11) is 1.68. The molecule has 0 aliphatic carbocycles. The lowest BCUT2D eigenvalue weighted by molar-refractivity contribution is -0.127. The highest BCUT2D eigenvalue weighted by molar-refractivity contribution is 6.03. The number of rotatable bonds is 1. The number of guanidine groups is 1. The summed E-state index contributed by atoms with van der Waals surface area (Å²) < 4.78 is 0. The van der Waals surface area contributed by atoms with E-state index in [9.17, 15) is 9.59 Å². The van der Waals surface area contributed by atoms with Crippen molar-refractivity contribution in [2.24, 2.45) is 4.99 Å². The molecule has 3 aliphatic heterocycles. The Hall–Kier alpha value is -1.83. The first-order chi connectivity index (χ1) is 10.0. The number of carbonyl (C=O) groups excluding carboxylic acids is 2. The molecule has 116 valence electrons. The lowest BCUT2D eigenvalue weighted by Crippen LogP contribution is -2.65. The molecule has 0 aromatic heterocycles. The quantitative estimate of drug-likeness (QED) is 0.638. The number of hydrogen-bond donors (Lipinski definition) is 2. The lowest BCUT2D eigenvalue weighted by Gasteiger charge is -2.40. The zero-order valence-electron chi connectivity index (χ0n) is 12.7. The van der Waals surface area contributed by atoms with Gasteiger partial charge in [0.1, 0.15) is 0 Å². The van der Waals surface area contributed by atoms with E-state index >= 15 is 0 Å². The molecule has 0 radical (unpaired) electrons. The molecule has 2 atom stereocenters. The summed E-state index contributed by atoms with van der Waals surface area (Å²) in [6.07, 6.45) is -0.432. The van der Waals surface area contributed by atoms with Crippen LogP contribution in [0, 0.1) is 0 Å². The Morgan fingerprint density at radius 3 is 2.52 bits per heavy atom. The van der Waals surface area contributed by atoms with Crippen LogP contribution in [0.25, 0.3) is 0 Å². The average molecular weight is 294 g/mol. The van der Waals surface area contributed by atoms with Gasteiger partial charge in [0, 0.05) is 39.3 Å². The number of hydrogen-bond acceptors (Lipinski definition) is 6. The van der Waals surface area contributed by atoms with E-state index in [0.717, 1.165) is 32.1 Å². The largest absolute Gasteiger partial charge is 0.340 e. The second kappa shape index (κ2) is 5.18. The summed E-state index contributed by atoms with van der Waals surface area (Å²) in [4.78, 5) is 34.5. The Balaban J connectivity index is 1.94. The van der Waals surface area contributed by atoms with Crippen LogP contribution < -0.4 is 10.6 Å². The van der Waals surface area contributed by atoms with E-state index in [0.29, 0.717) is 0 Å². The minimum atomic E-state index is -0.433. The Labute approximate surface area is 124 Å². The molecule has 0 aromatic rings. The fraction of sp³-hybridized carbons (Fsp3) is 0.769. The van der Waals surface area contributed by atoms with Crippen molar-refractivity contribution in [2.45, 2.75) is 32.1 Å². The molecule has 21 heavy (non-hydrogen) atoms. The van der Waals surface area contributed by atoms with Crippen molar-refractivity contribution in [1.29, 1.82) is 0 Å².